The summed E-state index contributed by atoms with van der Waals surface area (Å²) in [7, 11) is 0. The molecule has 0 aromatic carbocycles. The first-order valence-electron chi connectivity index (χ1n) is 11.0. The summed E-state index contributed by atoms with van der Waals surface area (Å²) in [6.07, 6.45) is 5.66. The number of aliphatic hydroxyl groups excluding tert-OH is 1. The van der Waals surface area contributed by atoms with E-state index in [9.17, 15) is 5.11 Å². The maximum atomic E-state index is 9.77. The molecule has 2 atom stereocenters. The molecule has 9 nitrogen and oxygen atoms in total. The van der Waals surface area contributed by atoms with Gasteiger partial charge in [-0.25, -0.2) is 19.9 Å². The van der Waals surface area contributed by atoms with Crippen LogP contribution in [-0.2, 0) is 0 Å². The lowest BCUT2D eigenvalue weighted by molar-refractivity contribution is 0.265. The zero-order chi connectivity index (χ0) is 20.5. The number of nitrogens with zero attached hydrogens (tertiary/aromatic N) is 5. The van der Waals surface area contributed by atoms with Gasteiger partial charge in [-0.2, -0.15) is 0 Å². The van der Waals surface area contributed by atoms with E-state index in [-0.39, 0.29) is 18.7 Å². The highest BCUT2D eigenvalue weighted by Crippen LogP contribution is 2.35. The van der Waals surface area contributed by atoms with Gasteiger partial charge >= 0.3 is 0 Å². The molecule has 1 aliphatic carbocycles. The molecule has 4 N–H and O–H groups in total. The Labute approximate surface area is 181 Å². The maximum Gasteiger partial charge on any atom is 0.186 e. The van der Waals surface area contributed by atoms with Crippen LogP contribution in [0.2, 0.25) is 5.15 Å². The average Bonchev–Trinajstić information content (AvgIpc) is 3.42. The van der Waals surface area contributed by atoms with Gasteiger partial charge in [-0.15, -0.1) is 0 Å². The van der Waals surface area contributed by atoms with Crippen molar-refractivity contribution < 1.29 is 5.11 Å². The molecule has 30 heavy (non-hydrogen) atoms. The highest BCUT2D eigenvalue weighted by molar-refractivity contribution is 6.32. The van der Waals surface area contributed by atoms with Crippen molar-refractivity contribution in [2.45, 2.75) is 44.2 Å². The van der Waals surface area contributed by atoms with Crippen LogP contribution in [0.25, 0.3) is 11.2 Å². The molecule has 3 aliphatic rings. The van der Waals surface area contributed by atoms with Crippen LogP contribution < -0.4 is 20.9 Å². The van der Waals surface area contributed by atoms with Gasteiger partial charge in [0.2, 0.25) is 0 Å². The Balaban J connectivity index is 1.52. The van der Waals surface area contributed by atoms with Gasteiger partial charge in [0.15, 0.2) is 33.8 Å². The first kappa shape index (κ1) is 20.1. The first-order chi connectivity index (χ1) is 14.7. The summed E-state index contributed by atoms with van der Waals surface area (Å²) in [6, 6.07) is -0.0382. The second-order valence-corrected chi connectivity index (χ2v) is 8.91. The number of piperazine rings is 1. The number of aromatic nitrogens is 4. The minimum Gasteiger partial charge on any atom is -0.394 e. The Morgan fingerprint density at radius 1 is 1.13 bits per heavy atom. The third-order valence-electron chi connectivity index (χ3n) is 6.12. The van der Waals surface area contributed by atoms with E-state index in [2.05, 4.69) is 25.8 Å². The first-order valence-corrected chi connectivity index (χ1v) is 11.4. The average molecular weight is 433 g/mol. The summed E-state index contributed by atoms with van der Waals surface area (Å²) >= 11 is 6.51. The van der Waals surface area contributed by atoms with E-state index in [1.165, 1.54) is 12.8 Å². The molecule has 5 rings (SSSR count). The van der Waals surface area contributed by atoms with Gasteiger partial charge in [-0.1, -0.05) is 24.4 Å². The Bertz CT molecular complexity index is 896. The smallest absolute Gasteiger partial charge is 0.186 e. The summed E-state index contributed by atoms with van der Waals surface area (Å²) < 4.78 is 0. The molecule has 2 aliphatic heterocycles. The predicted molar refractivity (Wildman–Crippen MR) is 117 cm³/mol. The van der Waals surface area contributed by atoms with E-state index in [4.69, 9.17) is 26.6 Å². The number of anilines is 2. The van der Waals surface area contributed by atoms with Gasteiger partial charge in [-0.05, 0) is 25.2 Å². The van der Waals surface area contributed by atoms with Crippen molar-refractivity contribution in [1.29, 1.82) is 0 Å². The van der Waals surface area contributed by atoms with Gasteiger partial charge < -0.3 is 26.0 Å². The Morgan fingerprint density at radius 2 is 1.97 bits per heavy atom. The quantitative estimate of drug-likeness (QED) is 0.516. The number of fused-ring (bicyclic) bond motifs is 1. The Kier molecular flexibility index (Phi) is 5.86. The SMILES string of the molecule is OCC(CC1CC1)Nc1nc2nc(C3CNCCN3)nc(N3CCCC3)c2nc1Cl. The van der Waals surface area contributed by atoms with Crippen molar-refractivity contribution >= 4 is 34.4 Å². The summed E-state index contributed by atoms with van der Waals surface area (Å²) in [5.41, 5.74) is 1.19. The summed E-state index contributed by atoms with van der Waals surface area (Å²) in [5.74, 6) is 2.71. The van der Waals surface area contributed by atoms with Gasteiger partial charge in [0.1, 0.15) is 0 Å². The Hall–Kier alpha value is -1.81. The molecule has 162 valence electrons. The minimum atomic E-state index is -0.0784. The van der Waals surface area contributed by atoms with E-state index in [0.717, 1.165) is 63.6 Å². The van der Waals surface area contributed by atoms with Gasteiger partial charge in [0, 0.05) is 32.7 Å². The largest absolute Gasteiger partial charge is 0.394 e. The van der Waals surface area contributed by atoms with Crippen molar-refractivity contribution in [3.63, 3.8) is 0 Å². The molecule has 2 unspecified atom stereocenters. The zero-order valence-corrected chi connectivity index (χ0v) is 17.8. The van der Waals surface area contributed by atoms with Crippen molar-refractivity contribution in [3.8, 4) is 0 Å². The van der Waals surface area contributed by atoms with Crippen LogP contribution in [0.3, 0.4) is 0 Å². The fourth-order valence-corrected chi connectivity index (χ4v) is 4.47. The normalized spacial score (nSPS) is 23.1. The van der Waals surface area contributed by atoms with E-state index in [1.54, 1.807) is 0 Å². The number of halogens is 1. The predicted octanol–water partition coefficient (Wildman–Crippen LogP) is 1.48. The van der Waals surface area contributed by atoms with Crippen molar-refractivity contribution in [2.24, 2.45) is 5.92 Å². The maximum absolute atomic E-state index is 9.77. The topological polar surface area (TPSA) is 111 Å². The van der Waals surface area contributed by atoms with Gasteiger partial charge in [-0.3, -0.25) is 0 Å². The lowest BCUT2D eigenvalue weighted by atomic mass is 10.1. The fourth-order valence-electron chi connectivity index (χ4n) is 4.29. The fraction of sp³-hybridized carbons (Fsp3) is 0.700. The van der Waals surface area contributed by atoms with E-state index < -0.39 is 0 Å². The van der Waals surface area contributed by atoms with Gasteiger partial charge in [0.05, 0.1) is 18.7 Å². The monoisotopic (exact) mass is 432 g/mol. The van der Waals surface area contributed by atoms with Crippen molar-refractivity contribution in [2.75, 3.05) is 49.5 Å². The summed E-state index contributed by atoms with van der Waals surface area (Å²) in [5, 5.41) is 20.2. The third-order valence-corrected chi connectivity index (χ3v) is 6.39. The van der Waals surface area contributed by atoms with Crippen LogP contribution in [0.15, 0.2) is 0 Å². The summed E-state index contributed by atoms with van der Waals surface area (Å²) in [4.78, 5) is 21.3. The molecule has 1 saturated carbocycles. The van der Waals surface area contributed by atoms with Crippen LogP contribution in [-0.4, -0.2) is 70.4 Å². The molecule has 2 saturated heterocycles. The number of hydrogen-bond donors (Lipinski definition) is 4. The minimum absolute atomic E-state index is 0.0399. The second-order valence-electron chi connectivity index (χ2n) is 8.55. The molecular weight excluding hydrogens is 404 g/mol. The molecule has 0 radical (unpaired) electrons. The van der Waals surface area contributed by atoms with Crippen LogP contribution in [0, 0.1) is 5.92 Å². The van der Waals surface area contributed by atoms with Crippen molar-refractivity contribution in [3.05, 3.63) is 11.0 Å². The molecular formula is C20H29ClN8O. The molecule has 0 spiro atoms. The molecule has 0 bridgehead atoms. The number of aliphatic hydroxyl groups is 1. The lowest BCUT2D eigenvalue weighted by Gasteiger charge is -2.25. The van der Waals surface area contributed by atoms with E-state index in [0.29, 0.717) is 28.1 Å². The second kappa shape index (κ2) is 8.74. The molecule has 0 amide bonds. The molecule has 3 fully saturated rings. The highest BCUT2D eigenvalue weighted by Gasteiger charge is 2.28. The number of hydrogen-bond acceptors (Lipinski definition) is 9. The number of nitrogens with one attached hydrogen (secondary N) is 3. The van der Waals surface area contributed by atoms with Gasteiger partial charge in [0.25, 0.3) is 0 Å². The number of rotatable bonds is 7. The van der Waals surface area contributed by atoms with Crippen LogP contribution in [0.4, 0.5) is 11.6 Å². The van der Waals surface area contributed by atoms with E-state index >= 15 is 0 Å². The van der Waals surface area contributed by atoms with Crippen molar-refractivity contribution in [1.82, 2.24) is 30.6 Å². The lowest BCUT2D eigenvalue weighted by Crippen LogP contribution is -2.43. The molecule has 2 aromatic heterocycles. The molecule has 4 heterocycles. The molecule has 2 aromatic rings. The standard InChI is InChI=1S/C20H29ClN8O/c21-16-19(24-13(11-30)9-12-3-4-12)27-18-15(25-16)20(29-7-1-2-8-29)28-17(26-18)14-10-22-5-6-23-14/h12-14,22-23,30H,1-11H2,(H,24,26,27,28). The summed E-state index contributed by atoms with van der Waals surface area (Å²) in [6.45, 7) is 4.55. The van der Waals surface area contributed by atoms with E-state index in [1.807, 2.05) is 0 Å². The third kappa shape index (κ3) is 4.30. The van der Waals surface area contributed by atoms with Crippen LogP contribution in [0.5, 0.6) is 0 Å². The molecule has 10 heteroatoms. The highest BCUT2D eigenvalue weighted by atomic mass is 35.5. The van der Waals surface area contributed by atoms with Crippen LogP contribution >= 0.6 is 11.6 Å². The zero-order valence-electron chi connectivity index (χ0n) is 17.1. The Morgan fingerprint density at radius 3 is 2.67 bits per heavy atom. The van der Waals surface area contributed by atoms with Crippen LogP contribution in [0.1, 0.15) is 44.0 Å².